The third kappa shape index (κ3) is 6.04. The highest BCUT2D eigenvalue weighted by atomic mass is 35.5. The van der Waals surface area contributed by atoms with Gasteiger partial charge in [-0.3, -0.25) is 4.79 Å². The first kappa shape index (κ1) is 27.6. The van der Waals surface area contributed by atoms with Gasteiger partial charge in [-0.15, -0.1) is 6.58 Å². The largest absolute Gasteiger partial charge is 0.414 e. The first-order chi connectivity index (χ1) is 16.4. The van der Waals surface area contributed by atoms with Gasteiger partial charge in [-0.2, -0.15) is 13.2 Å². The Morgan fingerprint density at radius 1 is 1.17 bits per heavy atom. The normalized spacial score (nSPS) is 24.8. The lowest BCUT2D eigenvalue weighted by molar-refractivity contribution is -0.211. The lowest BCUT2D eigenvalue weighted by Gasteiger charge is -2.52. The van der Waals surface area contributed by atoms with Crippen molar-refractivity contribution in [2.45, 2.75) is 69.8 Å². The van der Waals surface area contributed by atoms with E-state index in [1.807, 2.05) is 25.1 Å². The summed E-state index contributed by atoms with van der Waals surface area (Å²) in [5, 5.41) is 11.0. The molecule has 1 saturated heterocycles. The smallest absolute Gasteiger partial charge is 0.384 e. The van der Waals surface area contributed by atoms with E-state index in [9.17, 15) is 23.1 Å². The van der Waals surface area contributed by atoms with Crippen molar-refractivity contribution in [2.24, 2.45) is 5.41 Å². The fraction of sp³-hybridized carbons (Fsp3) is 0.444. The number of carbonyl (C=O) groups is 1. The second-order valence-corrected chi connectivity index (χ2v) is 10.4. The number of hydrogen-bond acceptors (Lipinski definition) is 2. The quantitative estimate of drug-likeness (QED) is 0.357. The number of hydrogen-bond donors (Lipinski definition) is 1. The Kier molecular flexibility index (Phi) is 8.61. The SMILES string of the molecule is C=CC[C@@]1(C)C[C@H](c2cccc(Cl)c2)[C@@H](c2ccc(Cl)cc2)N([C@@H](CC)C[C@@H](O)C(F)(F)F)C1=O. The zero-order valence-corrected chi connectivity index (χ0v) is 21.2. The zero-order chi connectivity index (χ0) is 26.0. The predicted octanol–water partition coefficient (Wildman–Crippen LogP) is 7.72. The summed E-state index contributed by atoms with van der Waals surface area (Å²) in [7, 11) is 0. The summed E-state index contributed by atoms with van der Waals surface area (Å²) < 4.78 is 40.0. The molecule has 0 radical (unpaired) electrons. The Morgan fingerprint density at radius 3 is 2.37 bits per heavy atom. The Morgan fingerprint density at radius 2 is 1.83 bits per heavy atom. The Hall–Kier alpha value is -2.02. The van der Waals surface area contributed by atoms with Crippen molar-refractivity contribution in [3.63, 3.8) is 0 Å². The lowest BCUT2D eigenvalue weighted by atomic mass is 9.67. The third-order valence-electron chi connectivity index (χ3n) is 6.92. The van der Waals surface area contributed by atoms with Crippen LogP contribution in [0.25, 0.3) is 0 Å². The van der Waals surface area contributed by atoms with Gasteiger partial charge in [-0.05, 0) is 54.7 Å². The molecule has 5 atom stereocenters. The van der Waals surface area contributed by atoms with Crippen LogP contribution in [0.2, 0.25) is 10.0 Å². The molecule has 1 aliphatic rings. The Bertz CT molecular complexity index is 1040. The number of benzene rings is 2. The predicted molar refractivity (Wildman–Crippen MR) is 134 cm³/mol. The van der Waals surface area contributed by atoms with E-state index in [1.54, 1.807) is 48.2 Å². The average Bonchev–Trinajstić information content (AvgIpc) is 2.79. The van der Waals surface area contributed by atoms with Crippen LogP contribution in [0.15, 0.2) is 61.2 Å². The van der Waals surface area contributed by atoms with Crippen LogP contribution in [-0.2, 0) is 4.79 Å². The van der Waals surface area contributed by atoms with Gasteiger partial charge in [0.05, 0.1) is 11.5 Å². The van der Waals surface area contributed by atoms with Crippen LogP contribution >= 0.6 is 23.2 Å². The first-order valence-corrected chi connectivity index (χ1v) is 12.4. The van der Waals surface area contributed by atoms with E-state index in [0.717, 1.165) is 11.1 Å². The number of rotatable bonds is 8. The summed E-state index contributed by atoms with van der Waals surface area (Å²) in [6, 6.07) is 12.9. The van der Waals surface area contributed by atoms with Crippen molar-refractivity contribution in [3.8, 4) is 0 Å². The van der Waals surface area contributed by atoms with Crippen molar-refractivity contribution in [3.05, 3.63) is 82.4 Å². The molecule has 0 spiro atoms. The number of carbonyl (C=O) groups excluding carboxylic acids is 1. The molecule has 35 heavy (non-hydrogen) atoms. The van der Waals surface area contributed by atoms with Crippen LogP contribution in [0.1, 0.15) is 62.6 Å². The molecule has 0 saturated carbocycles. The van der Waals surface area contributed by atoms with Crippen LogP contribution in [0.5, 0.6) is 0 Å². The maximum absolute atomic E-state index is 14.0. The summed E-state index contributed by atoms with van der Waals surface area (Å²) >= 11 is 12.4. The van der Waals surface area contributed by atoms with E-state index in [-0.39, 0.29) is 18.2 Å². The zero-order valence-electron chi connectivity index (χ0n) is 19.7. The molecule has 1 aliphatic heterocycles. The minimum atomic E-state index is -4.78. The van der Waals surface area contributed by atoms with Gasteiger partial charge < -0.3 is 10.0 Å². The van der Waals surface area contributed by atoms with Crippen LogP contribution in [0.4, 0.5) is 13.2 Å². The number of aliphatic hydroxyl groups is 1. The third-order valence-corrected chi connectivity index (χ3v) is 7.41. The Labute approximate surface area is 214 Å². The topological polar surface area (TPSA) is 40.5 Å². The molecule has 0 unspecified atom stereocenters. The Balaban J connectivity index is 2.21. The molecule has 1 amide bonds. The minimum Gasteiger partial charge on any atom is -0.384 e. The van der Waals surface area contributed by atoms with Gasteiger partial charge in [0.25, 0.3) is 0 Å². The van der Waals surface area contributed by atoms with E-state index in [0.29, 0.717) is 22.9 Å². The lowest BCUT2D eigenvalue weighted by Crippen LogP contribution is -2.56. The first-order valence-electron chi connectivity index (χ1n) is 11.6. The number of likely N-dealkylation sites (tertiary alicyclic amines) is 1. The van der Waals surface area contributed by atoms with Gasteiger partial charge in [-0.25, -0.2) is 0 Å². The van der Waals surface area contributed by atoms with Crippen molar-refractivity contribution < 1.29 is 23.1 Å². The average molecular weight is 528 g/mol. The van der Waals surface area contributed by atoms with Gasteiger partial charge in [-0.1, -0.05) is 67.4 Å². The number of alkyl halides is 3. The highest BCUT2D eigenvalue weighted by Crippen LogP contribution is 2.52. The molecule has 0 aromatic heterocycles. The van der Waals surface area contributed by atoms with Gasteiger partial charge in [0, 0.05) is 28.4 Å². The summed E-state index contributed by atoms with van der Waals surface area (Å²) in [6.07, 6.45) is -5.19. The van der Waals surface area contributed by atoms with Crippen LogP contribution < -0.4 is 0 Å². The van der Waals surface area contributed by atoms with Crippen molar-refractivity contribution in [1.82, 2.24) is 4.90 Å². The number of aliphatic hydroxyl groups excluding tert-OH is 1. The highest BCUT2D eigenvalue weighted by molar-refractivity contribution is 6.30. The van der Waals surface area contributed by atoms with Crippen molar-refractivity contribution in [2.75, 3.05) is 0 Å². The van der Waals surface area contributed by atoms with E-state index in [2.05, 4.69) is 6.58 Å². The van der Waals surface area contributed by atoms with Gasteiger partial charge in [0.15, 0.2) is 6.10 Å². The van der Waals surface area contributed by atoms with Crippen LogP contribution in [0, 0.1) is 5.41 Å². The van der Waals surface area contributed by atoms with Crippen molar-refractivity contribution >= 4 is 29.1 Å². The number of piperidine rings is 1. The standard InChI is InChI=1S/C27H30Cl2F3NO2/c1-4-13-26(3)16-22(18-7-6-8-20(29)14-18)24(17-9-11-19(28)12-10-17)33(25(26)35)21(5-2)15-23(34)27(30,31)32/h4,6-12,14,21-24,34H,1,5,13,15-16H2,2-3H3/t21-,22+,23+,24+,26-/m0/s1. The monoisotopic (exact) mass is 527 g/mol. The fourth-order valence-corrected chi connectivity index (χ4v) is 5.48. The van der Waals surface area contributed by atoms with E-state index < -0.39 is 36.2 Å². The summed E-state index contributed by atoms with van der Waals surface area (Å²) in [5.41, 5.74) is 0.763. The molecular weight excluding hydrogens is 498 g/mol. The van der Waals surface area contributed by atoms with E-state index in [4.69, 9.17) is 23.2 Å². The number of allylic oxidation sites excluding steroid dienone is 1. The molecular formula is C27H30Cl2F3NO2. The molecule has 1 fully saturated rings. The molecule has 8 heteroatoms. The number of amides is 1. The van der Waals surface area contributed by atoms with Gasteiger partial charge >= 0.3 is 6.18 Å². The summed E-state index contributed by atoms with van der Waals surface area (Å²) in [4.78, 5) is 15.6. The summed E-state index contributed by atoms with van der Waals surface area (Å²) in [5.74, 6) is -0.508. The molecule has 0 bridgehead atoms. The minimum absolute atomic E-state index is 0.245. The molecule has 1 heterocycles. The molecule has 1 N–H and O–H groups in total. The van der Waals surface area contributed by atoms with Crippen LogP contribution in [0.3, 0.4) is 0 Å². The highest BCUT2D eigenvalue weighted by Gasteiger charge is 2.52. The molecule has 2 aromatic rings. The molecule has 2 aromatic carbocycles. The maximum atomic E-state index is 14.0. The van der Waals surface area contributed by atoms with E-state index in [1.165, 1.54) is 0 Å². The van der Waals surface area contributed by atoms with Gasteiger partial charge in [0.2, 0.25) is 5.91 Å². The van der Waals surface area contributed by atoms with Crippen LogP contribution in [-0.4, -0.2) is 34.2 Å². The molecule has 0 aliphatic carbocycles. The molecule has 190 valence electrons. The molecule has 3 rings (SSSR count). The van der Waals surface area contributed by atoms with Crippen molar-refractivity contribution in [1.29, 1.82) is 0 Å². The second-order valence-electron chi connectivity index (χ2n) is 9.48. The fourth-order valence-electron chi connectivity index (χ4n) is 5.16. The molecule has 3 nitrogen and oxygen atoms in total. The van der Waals surface area contributed by atoms with Gasteiger partial charge in [0.1, 0.15) is 0 Å². The number of nitrogens with zero attached hydrogens (tertiary/aromatic N) is 1. The second kappa shape index (κ2) is 10.9. The van der Waals surface area contributed by atoms with E-state index >= 15 is 0 Å². The maximum Gasteiger partial charge on any atom is 0.414 e. The number of halogens is 5. The summed E-state index contributed by atoms with van der Waals surface area (Å²) in [6.45, 7) is 7.36.